The molecule has 3 nitrogen and oxygen atoms in total. The highest BCUT2D eigenvalue weighted by Gasteiger charge is 2.31. The molecule has 3 heteroatoms. The van der Waals surface area contributed by atoms with Crippen LogP contribution in [0.15, 0.2) is 24.3 Å². The second kappa shape index (κ2) is 8.18. The molecule has 2 N–H and O–H groups in total. The minimum absolute atomic E-state index is 0.0613. The summed E-state index contributed by atoms with van der Waals surface area (Å²) in [5.74, 6) is 0.0613. The standard InChI is InChI=1S/C18H27NO2/c1-2-3-4-5-6-7-12-17(21)19-18-15-11-9-8-10-14(15)13-16(18)20/h8-11,16,18,20H,2-7,12-13H2,1H3,(H,19,21)/t16-,18+/m0/s1. The first-order valence-corrected chi connectivity index (χ1v) is 8.27. The Balaban J connectivity index is 1.73. The number of nitrogens with one attached hydrogen (secondary N) is 1. The average Bonchev–Trinajstić information content (AvgIpc) is 2.79. The summed E-state index contributed by atoms with van der Waals surface area (Å²) in [7, 11) is 0. The van der Waals surface area contributed by atoms with E-state index in [4.69, 9.17) is 0 Å². The van der Waals surface area contributed by atoms with E-state index in [1.807, 2.05) is 24.3 Å². The van der Waals surface area contributed by atoms with Crippen LogP contribution in [-0.4, -0.2) is 17.1 Å². The Morgan fingerprint density at radius 1 is 1.19 bits per heavy atom. The Morgan fingerprint density at radius 3 is 2.71 bits per heavy atom. The van der Waals surface area contributed by atoms with E-state index in [0.29, 0.717) is 12.8 Å². The van der Waals surface area contributed by atoms with E-state index in [1.165, 1.54) is 25.7 Å². The van der Waals surface area contributed by atoms with E-state index in [0.717, 1.165) is 24.0 Å². The van der Waals surface area contributed by atoms with Gasteiger partial charge in [-0.3, -0.25) is 4.79 Å². The third-order valence-electron chi connectivity index (χ3n) is 4.28. The van der Waals surface area contributed by atoms with Gasteiger partial charge in [0, 0.05) is 12.8 Å². The van der Waals surface area contributed by atoms with Crippen molar-refractivity contribution in [2.24, 2.45) is 0 Å². The second-order valence-electron chi connectivity index (χ2n) is 6.03. The smallest absolute Gasteiger partial charge is 0.220 e. The van der Waals surface area contributed by atoms with Gasteiger partial charge < -0.3 is 10.4 Å². The first kappa shape index (κ1) is 16.0. The lowest BCUT2D eigenvalue weighted by atomic mass is 10.1. The summed E-state index contributed by atoms with van der Waals surface area (Å²) in [6.07, 6.45) is 7.81. The molecule has 2 rings (SSSR count). The van der Waals surface area contributed by atoms with Gasteiger partial charge >= 0.3 is 0 Å². The number of rotatable bonds is 8. The van der Waals surface area contributed by atoms with Crippen LogP contribution >= 0.6 is 0 Å². The number of hydrogen-bond acceptors (Lipinski definition) is 2. The van der Waals surface area contributed by atoms with Crippen molar-refractivity contribution in [2.75, 3.05) is 0 Å². The van der Waals surface area contributed by atoms with E-state index < -0.39 is 6.10 Å². The monoisotopic (exact) mass is 289 g/mol. The number of carbonyl (C=O) groups excluding carboxylic acids is 1. The highest BCUT2D eigenvalue weighted by Crippen LogP contribution is 2.31. The molecule has 1 amide bonds. The lowest BCUT2D eigenvalue weighted by molar-refractivity contribution is -0.122. The Kier molecular flexibility index (Phi) is 6.24. The predicted molar refractivity (Wildman–Crippen MR) is 85.0 cm³/mol. The molecule has 0 heterocycles. The van der Waals surface area contributed by atoms with Gasteiger partial charge in [0.15, 0.2) is 0 Å². The molecule has 0 unspecified atom stereocenters. The zero-order chi connectivity index (χ0) is 15.1. The molecule has 0 radical (unpaired) electrons. The molecular weight excluding hydrogens is 262 g/mol. The molecule has 2 atom stereocenters. The summed E-state index contributed by atoms with van der Waals surface area (Å²) in [5.41, 5.74) is 2.22. The van der Waals surface area contributed by atoms with Crippen molar-refractivity contribution in [3.63, 3.8) is 0 Å². The topological polar surface area (TPSA) is 49.3 Å². The number of aliphatic hydroxyl groups is 1. The van der Waals surface area contributed by atoms with Crippen molar-refractivity contribution < 1.29 is 9.90 Å². The van der Waals surface area contributed by atoms with Crippen LogP contribution in [0.4, 0.5) is 0 Å². The fourth-order valence-corrected chi connectivity index (χ4v) is 3.06. The number of hydrogen-bond donors (Lipinski definition) is 2. The number of benzene rings is 1. The molecule has 0 aliphatic heterocycles. The van der Waals surface area contributed by atoms with Gasteiger partial charge in [-0.2, -0.15) is 0 Å². The molecule has 0 bridgehead atoms. The average molecular weight is 289 g/mol. The van der Waals surface area contributed by atoms with Crippen LogP contribution in [0, 0.1) is 0 Å². The molecule has 1 aromatic carbocycles. The molecule has 0 fully saturated rings. The Bertz CT molecular complexity index is 458. The summed E-state index contributed by atoms with van der Waals surface area (Å²) in [4.78, 5) is 12.0. The van der Waals surface area contributed by atoms with Crippen LogP contribution < -0.4 is 5.32 Å². The second-order valence-corrected chi connectivity index (χ2v) is 6.03. The number of amides is 1. The maximum Gasteiger partial charge on any atom is 0.220 e. The van der Waals surface area contributed by atoms with E-state index in [1.54, 1.807) is 0 Å². The fourth-order valence-electron chi connectivity index (χ4n) is 3.06. The van der Waals surface area contributed by atoms with Gasteiger partial charge in [0.25, 0.3) is 0 Å². The van der Waals surface area contributed by atoms with Crippen molar-refractivity contribution >= 4 is 5.91 Å². The van der Waals surface area contributed by atoms with Crippen molar-refractivity contribution in [1.82, 2.24) is 5.32 Å². The summed E-state index contributed by atoms with van der Waals surface area (Å²) in [5, 5.41) is 13.1. The van der Waals surface area contributed by atoms with E-state index in [2.05, 4.69) is 12.2 Å². The van der Waals surface area contributed by atoms with Gasteiger partial charge in [0.2, 0.25) is 5.91 Å². The van der Waals surface area contributed by atoms with Crippen molar-refractivity contribution in [3.05, 3.63) is 35.4 Å². The minimum atomic E-state index is -0.490. The molecule has 0 aromatic heterocycles. The highest BCUT2D eigenvalue weighted by atomic mass is 16.3. The third kappa shape index (κ3) is 4.57. The molecule has 0 saturated heterocycles. The van der Waals surface area contributed by atoms with Crippen LogP contribution in [0.25, 0.3) is 0 Å². The van der Waals surface area contributed by atoms with E-state index >= 15 is 0 Å². The van der Waals surface area contributed by atoms with Gasteiger partial charge in [-0.15, -0.1) is 0 Å². The van der Waals surface area contributed by atoms with Crippen molar-refractivity contribution in [1.29, 1.82) is 0 Å². The minimum Gasteiger partial charge on any atom is -0.390 e. The number of unbranched alkanes of at least 4 members (excludes halogenated alkanes) is 5. The van der Waals surface area contributed by atoms with Gasteiger partial charge in [-0.1, -0.05) is 63.3 Å². The Hall–Kier alpha value is -1.35. The normalized spacial score (nSPS) is 20.3. The van der Waals surface area contributed by atoms with Crippen LogP contribution in [0.1, 0.15) is 69.0 Å². The number of carbonyl (C=O) groups is 1. The molecule has 116 valence electrons. The van der Waals surface area contributed by atoms with Crippen LogP contribution in [-0.2, 0) is 11.2 Å². The van der Waals surface area contributed by atoms with Crippen LogP contribution in [0.5, 0.6) is 0 Å². The quantitative estimate of drug-likeness (QED) is 0.719. The first-order valence-electron chi connectivity index (χ1n) is 8.27. The van der Waals surface area contributed by atoms with Gasteiger partial charge in [0.05, 0.1) is 12.1 Å². The summed E-state index contributed by atoms with van der Waals surface area (Å²) < 4.78 is 0. The SMILES string of the molecule is CCCCCCCCC(=O)N[C@@H]1c2ccccc2C[C@@H]1O. The first-order chi connectivity index (χ1) is 10.2. The van der Waals surface area contributed by atoms with Crippen molar-refractivity contribution in [2.45, 2.75) is 70.4 Å². The fraction of sp³-hybridized carbons (Fsp3) is 0.611. The molecule has 0 saturated carbocycles. The van der Waals surface area contributed by atoms with E-state index in [-0.39, 0.29) is 11.9 Å². The maximum absolute atomic E-state index is 12.0. The third-order valence-corrected chi connectivity index (χ3v) is 4.28. The zero-order valence-electron chi connectivity index (χ0n) is 13.0. The Labute approximate surface area is 127 Å². The molecular formula is C18H27NO2. The van der Waals surface area contributed by atoms with Gasteiger partial charge in [-0.05, 0) is 17.5 Å². The Morgan fingerprint density at radius 2 is 1.90 bits per heavy atom. The summed E-state index contributed by atoms with van der Waals surface area (Å²) in [6, 6.07) is 7.74. The van der Waals surface area contributed by atoms with E-state index in [9.17, 15) is 9.90 Å². The molecule has 1 aliphatic carbocycles. The number of aliphatic hydroxyl groups excluding tert-OH is 1. The predicted octanol–water partition coefficient (Wildman–Crippen LogP) is 3.51. The lowest BCUT2D eigenvalue weighted by Gasteiger charge is -2.18. The molecule has 0 spiro atoms. The summed E-state index contributed by atoms with van der Waals surface area (Å²) in [6.45, 7) is 2.21. The largest absolute Gasteiger partial charge is 0.390 e. The zero-order valence-corrected chi connectivity index (χ0v) is 13.0. The van der Waals surface area contributed by atoms with Gasteiger partial charge in [-0.25, -0.2) is 0 Å². The molecule has 21 heavy (non-hydrogen) atoms. The molecule has 1 aliphatic rings. The van der Waals surface area contributed by atoms with Gasteiger partial charge in [0.1, 0.15) is 0 Å². The maximum atomic E-state index is 12.0. The van der Waals surface area contributed by atoms with Crippen LogP contribution in [0.2, 0.25) is 0 Å². The van der Waals surface area contributed by atoms with Crippen molar-refractivity contribution in [3.8, 4) is 0 Å². The lowest BCUT2D eigenvalue weighted by Crippen LogP contribution is -2.33. The summed E-state index contributed by atoms with van der Waals surface area (Å²) >= 11 is 0. The number of fused-ring (bicyclic) bond motifs is 1. The highest BCUT2D eigenvalue weighted by molar-refractivity contribution is 5.76. The molecule has 1 aromatic rings. The van der Waals surface area contributed by atoms with Crippen LogP contribution in [0.3, 0.4) is 0 Å².